The van der Waals surface area contributed by atoms with E-state index in [9.17, 15) is 9.59 Å². The second-order valence-electron chi connectivity index (χ2n) is 16.9. The fourth-order valence-electron chi connectivity index (χ4n) is 8.45. The highest BCUT2D eigenvalue weighted by Gasteiger charge is 2.42. The van der Waals surface area contributed by atoms with Crippen LogP contribution in [0.25, 0.3) is 0 Å². The Kier molecular flexibility index (Phi) is 14.5. The van der Waals surface area contributed by atoms with Crippen LogP contribution in [0, 0.1) is 0 Å². The molecule has 2 fully saturated rings. The number of carbonyl (C=O) groups excluding carboxylic acids is 1. The zero-order valence-corrected chi connectivity index (χ0v) is 32.4. The number of esters is 1. The smallest absolute Gasteiger partial charge is 0.305 e. The molecule has 3 heterocycles. The van der Waals surface area contributed by atoms with Crippen molar-refractivity contribution in [3.63, 3.8) is 0 Å². The van der Waals surface area contributed by atoms with Crippen molar-refractivity contribution >= 4 is 29.8 Å². The second kappa shape index (κ2) is 17.5. The Morgan fingerprint density at radius 3 is 1.53 bits per heavy atom. The number of rotatable bonds is 19. The Hall–Kier alpha value is -2.73. The Labute approximate surface area is 296 Å². The number of carboxylic acids is 1. The summed E-state index contributed by atoms with van der Waals surface area (Å²) in [6.07, 6.45) is 9.85. The average molecular weight is 689 g/mol. The minimum Gasteiger partial charge on any atom is -0.481 e. The molecular formula is C37H68N8O4. The van der Waals surface area contributed by atoms with Crippen molar-refractivity contribution < 1.29 is 19.4 Å². The SMILES string of the molecule is CCN(c1nc(NCCOC(=O)CCCCCCCCC(=O)O)nc(N(CC)C2CC(C)(C)NC(C)(C)C2)n1)C1CC(C)(C)NC(C)(C)C1. The summed E-state index contributed by atoms with van der Waals surface area (Å²) >= 11 is 0. The molecule has 0 spiro atoms. The molecule has 0 radical (unpaired) electrons. The molecule has 12 nitrogen and oxygen atoms in total. The Balaban J connectivity index is 1.72. The molecule has 0 unspecified atom stereocenters. The molecule has 1 aromatic rings. The molecule has 2 saturated heterocycles. The lowest BCUT2D eigenvalue weighted by Gasteiger charge is -2.50. The van der Waals surface area contributed by atoms with Gasteiger partial charge in [0.15, 0.2) is 0 Å². The zero-order valence-electron chi connectivity index (χ0n) is 32.4. The van der Waals surface area contributed by atoms with Gasteiger partial charge in [0.1, 0.15) is 6.61 Å². The summed E-state index contributed by atoms with van der Waals surface area (Å²) in [5, 5.41) is 19.7. The number of hydrogen-bond acceptors (Lipinski definition) is 11. The number of hydrogen-bond donors (Lipinski definition) is 4. The summed E-state index contributed by atoms with van der Waals surface area (Å²) in [4.78, 5) is 42.9. The highest BCUT2D eigenvalue weighted by molar-refractivity contribution is 5.69. The van der Waals surface area contributed by atoms with Crippen LogP contribution in [0.3, 0.4) is 0 Å². The number of unbranched alkanes of at least 4 members (excludes halogenated alkanes) is 5. The minimum atomic E-state index is -0.740. The van der Waals surface area contributed by atoms with Crippen LogP contribution in [0.15, 0.2) is 0 Å². The first-order valence-electron chi connectivity index (χ1n) is 18.8. The fourth-order valence-corrected chi connectivity index (χ4v) is 8.45. The lowest BCUT2D eigenvalue weighted by atomic mass is 9.79. The first-order valence-corrected chi connectivity index (χ1v) is 18.8. The number of aromatic nitrogens is 3. The number of anilines is 3. The molecular weight excluding hydrogens is 620 g/mol. The van der Waals surface area contributed by atoms with Crippen LogP contribution in [0.5, 0.6) is 0 Å². The van der Waals surface area contributed by atoms with Gasteiger partial charge in [-0.15, -0.1) is 0 Å². The van der Waals surface area contributed by atoms with Crippen molar-refractivity contribution in [3.8, 4) is 0 Å². The zero-order chi connectivity index (χ0) is 36.5. The van der Waals surface area contributed by atoms with Crippen LogP contribution in [0.4, 0.5) is 17.8 Å². The molecule has 0 bridgehead atoms. The second-order valence-corrected chi connectivity index (χ2v) is 16.9. The molecule has 2 aliphatic rings. The first kappa shape index (κ1) is 40.7. The van der Waals surface area contributed by atoms with Gasteiger partial charge in [0.2, 0.25) is 17.8 Å². The maximum Gasteiger partial charge on any atom is 0.305 e. The average Bonchev–Trinajstić information content (AvgIpc) is 2.94. The predicted octanol–water partition coefficient (Wildman–Crippen LogP) is 6.30. The van der Waals surface area contributed by atoms with E-state index in [0.717, 1.165) is 70.9 Å². The third-order valence-electron chi connectivity index (χ3n) is 9.70. The van der Waals surface area contributed by atoms with E-state index < -0.39 is 5.97 Å². The number of carbonyl (C=O) groups is 2. The third kappa shape index (κ3) is 13.5. The van der Waals surface area contributed by atoms with Crippen molar-refractivity contribution in [2.45, 2.75) is 181 Å². The van der Waals surface area contributed by atoms with Gasteiger partial charge in [0.25, 0.3) is 0 Å². The number of piperidine rings is 2. The fraction of sp³-hybridized carbons (Fsp3) is 0.865. The van der Waals surface area contributed by atoms with Gasteiger partial charge in [-0.2, -0.15) is 15.0 Å². The number of nitrogens with zero attached hydrogens (tertiary/aromatic N) is 5. The van der Waals surface area contributed by atoms with E-state index in [1.165, 1.54) is 0 Å². The van der Waals surface area contributed by atoms with Crippen molar-refractivity contribution in [1.29, 1.82) is 0 Å². The van der Waals surface area contributed by atoms with Gasteiger partial charge < -0.3 is 35.6 Å². The molecule has 2 aliphatic heterocycles. The number of aliphatic carboxylic acids is 1. The number of nitrogens with one attached hydrogen (secondary N) is 3. The van der Waals surface area contributed by atoms with Gasteiger partial charge in [-0.3, -0.25) is 9.59 Å². The molecule has 0 amide bonds. The topological polar surface area (TPSA) is 145 Å². The molecule has 12 heteroatoms. The molecule has 3 rings (SSSR count). The largest absolute Gasteiger partial charge is 0.481 e. The van der Waals surface area contributed by atoms with Crippen LogP contribution in [0.1, 0.15) is 146 Å². The molecule has 1 aromatic heterocycles. The Morgan fingerprint density at radius 1 is 0.714 bits per heavy atom. The van der Waals surface area contributed by atoms with Crippen molar-refractivity contribution in [1.82, 2.24) is 25.6 Å². The summed E-state index contributed by atoms with van der Waals surface area (Å²) in [7, 11) is 0. The van der Waals surface area contributed by atoms with Crippen LogP contribution in [-0.4, -0.2) is 92.5 Å². The van der Waals surface area contributed by atoms with E-state index in [1.807, 2.05) is 0 Å². The third-order valence-corrected chi connectivity index (χ3v) is 9.70. The summed E-state index contributed by atoms with van der Waals surface area (Å²) in [5.41, 5.74) is -0.0940. The quantitative estimate of drug-likeness (QED) is 0.0956. The van der Waals surface area contributed by atoms with E-state index >= 15 is 0 Å². The standard InChI is InChI=1S/C37H68N8O4/c1-11-44(27-23-34(3,4)42-35(5,6)24-27)32-39-31(38-21-22-49-30(48)20-18-16-14-13-15-17-19-29(46)47)40-33(41-32)45(12-2)28-25-36(7,8)43-37(9,10)26-28/h27-28,42-43H,11-26H2,1-10H3,(H,46,47)(H,38,39,40,41). The maximum atomic E-state index is 12.4. The van der Waals surface area contributed by atoms with E-state index in [0.29, 0.717) is 37.2 Å². The summed E-state index contributed by atoms with van der Waals surface area (Å²) in [6, 6.07) is 0.522. The Morgan fingerprint density at radius 2 is 1.12 bits per heavy atom. The number of carboxylic acid groups (broad SMARTS) is 1. The van der Waals surface area contributed by atoms with Crippen LogP contribution in [-0.2, 0) is 14.3 Å². The Bertz CT molecular complexity index is 1120. The molecule has 49 heavy (non-hydrogen) atoms. The monoisotopic (exact) mass is 689 g/mol. The summed E-state index contributed by atoms with van der Waals surface area (Å²) in [6.45, 7) is 24.7. The minimum absolute atomic E-state index is 0.0235. The molecule has 280 valence electrons. The van der Waals surface area contributed by atoms with Gasteiger partial charge in [0.05, 0.1) is 6.54 Å². The van der Waals surface area contributed by atoms with E-state index in [2.05, 4.69) is 95.0 Å². The van der Waals surface area contributed by atoms with Gasteiger partial charge >= 0.3 is 11.9 Å². The van der Waals surface area contributed by atoms with Crippen molar-refractivity contribution in [2.24, 2.45) is 0 Å². The normalized spacial score (nSPS) is 20.0. The van der Waals surface area contributed by atoms with E-state index in [-0.39, 0.29) is 53.2 Å². The van der Waals surface area contributed by atoms with Crippen LogP contribution < -0.4 is 25.8 Å². The van der Waals surface area contributed by atoms with Gasteiger partial charge in [-0.1, -0.05) is 25.7 Å². The first-order chi connectivity index (χ1) is 22.8. The lowest BCUT2D eigenvalue weighted by Crippen LogP contribution is -2.62. The summed E-state index contributed by atoms with van der Waals surface area (Å²) < 4.78 is 5.54. The number of ether oxygens (including phenoxy) is 1. The van der Waals surface area contributed by atoms with Crippen molar-refractivity contribution in [2.75, 3.05) is 41.4 Å². The lowest BCUT2D eigenvalue weighted by molar-refractivity contribution is -0.143. The van der Waals surface area contributed by atoms with Crippen LogP contribution >= 0.6 is 0 Å². The van der Waals surface area contributed by atoms with Gasteiger partial charge in [-0.05, 0) is 108 Å². The summed E-state index contributed by atoms with van der Waals surface area (Å²) in [5.74, 6) is 0.913. The predicted molar refractivity (Wildman–Crippen MR) is 199 cm³/mol. The van der Waals surface area contributed by atoms with Crippen molar-refractivity contribution in [3.05, 3.63) is 0 Å². The van der Waals surface area contributed by atoms with E-state index in [1.54, 1.807) is 0 Å². The molecule has 0 saturated carbocycles. The highest BCUT2D eigenvalue weighted by atomic mass is 16.5. The van der Waals surface area contributed by atoms with Gasteiger partial charge in [0, 0.05) is 60.2 Å². The van der Waals surface area contributed by atoms with Crippen LogP contribution in [0.2, 0.25) is 0 Å². The molecule has 0 atom stereocenters. The molecule has 0 aromatic carbocycles. The highest BCUT2D eigenvalue weighted by Crippen LogP contribution is 2.36. The maximum absolute atomic E-state index is 12.4. The molecule has 4 N–H and O–H groups in total. The van der Waals surface area contributed by atoms with E-state index in [4.69, 9.17) is 24.8 Å². The van der Waals surface area contributed by atoms with Gasteiger partial charge in [-0.25, -0.2) is 0 Å². The molecule has 0 aliphatic carbocycles.